The van der Waals surface area contributed by atoms with E-state index in [2.05, 4.69) is 21.7 Å². The van der Waals surface area contributed by atoms with Gasteiger partial charge in [0.15, 0.2) is 0 Å². The Balaban J connectivity index is 1.55. The van der Waals surface area contributed by atoms with E-state index in [0.717, 1.165) is 42.8 Å². The summed E-state index contributed by atoms with van der Waals surface area (Å²) in [6.07, 6.45) is 4.16. The van der Waals surface area contributed by atoms with Gasteiger partial charge >= 0.3 is 0 Å². The third kappa shape index (κ3) is 3.71. The Morgan fingerprint density at radius 3 is 2.93 bits per heavy atom. The van der Waals surface area contributed by atoms with Gasteiger partial charge in [-0.2, -0.15) is 0 Å². The van der Waals surface area contributed by atoms with Gasteiger partial charge in [0.1, 0.15) is 11.5 Å². The molecule has 2 aromatic rings. The Hall–Kier alpha value is -2.54. The predicted molar refractivity (Wildman–Crippen MR) is 108 cm³/mol. The lowest BCUT2D eigenvalue weighted by Gasteiger charge is -2.35. The Morgan fingerprint density at radius 1 is 1.32 bits per heavy atom. The molecule has 1 saturated heterocycles. The molecule has 0 spiro atoms. The lowest BCUT2D eigenvalue weighted by molar-refractivity contribution is 0.237. The van der Waals surface area contributed by atoms with Crippen LogP contribution in [0.3, 0.4) is 0 Å². The molecule has 2 aliphatic heterocycles. The molecule has 1 fully saturated rings. The number of aromatic nitrogens is 2. The quantitative estimate of drug-likeness (QED) is 0.843. The molecule has 3 heterocycles. The average molecular weight is 384 g/mol. The van der Waals surface area contributed by atoms with Crippen molar-refractivity contribution in [2.75, 3.05) is 25.1 Å². The van der Waals surface area contributed by atoms with Gasteiger partial charge in [-0.1, -0.05) is 6.07 Å². The van der Waals surface area contributed by atoms with Crippen LogP contribution in [0.4, 0.5) is 5.95 Å². The second kappa shape index (κ2) is 7.83. The maximum absolute atomic E-state index is 12.6. The molecule has 0 unspecified atom stereocenters. The number of nitrogens with zero attached hydrogens (tertiary/aromatic N) is 3. The van der Waals surface area contributed by atoms with Crippen LogP contribution >= 0.6 is 0 Å². The molecular weight excluding hydrogens is 356 g/mol. The van der Waals surface area contributed by atoms with Crippen molar-refractivity contribution in [1.29, 1.82) is 0 Å². The summed E-state index contributed by atoms with van der Waals surface area (Å²) < 4.78 is 5.15. The first-order chi connectivity index (χ1) is 13.5. The summed E-state index contributed by atoms with van der Waals surface area (Å²) in [5.41, 5.74) is 2.49. The number of hydrogen-bond donors (Lipinski definition) is 2. The van der Waals surface area contributed by atoms with Crippen molar-refractivity contribution in [3.63, 3.8) is 0 Å². The number of ether oxygens (including phenoxy) is 1. The van der Waals surface area contributed by atoms with Crippen LogP contribution in [0.25, 0.3) is 0 Å². The highest BCUT2D eigenvalue weighted by molar-refractivity contribution is 5.40. The highest BCUT2D eigenvalue weighted by atomic mass is 16.5. The Kier molecular flexibility index (Phi) is 5.26. The summed E-state index contributed by atoms with van der Waals surface area (Å²) in [4.78, 5) is 24.9. The molecule has 0 saturated carbocycles. The topological polar surface area (TPSA) is 81.7 Å². The fourth-order valence-electron chi connectivity index (χ4n) is 4.21. The van der Waals surface area contributed by atoms with Crippen molar-refractivity contribution >= 4 is 5.95 Å². The Labute approximate surface area is 165 Å². The van der Waals surface area contributed by atoms with E-state index in [1.807, 2.05) is 12.1 Å². The highest BCUT2D eigenvalue weighted by Crippen LogP contribution is 2.27. The third-order valence-electron chi connectivity index (χ3n) is 5.90. The zero-order valence-electron chi connectivity index (χ0n) is 16.6. The van der Waals surface area contributed by atoms with Gasteiger partial charge in [0.2, 0.25) is 5.95 Å². The number of aromatic hydroxyl groups is 1. The van der Waals surface area contributed by atoms with Crippen molar-refractivity contribution in [3.8, 4) is 11.5 Å². The molecule has 150 valence electrons. The number of fused-ring (bicyclic) bond motifs is 1. The van der Waals surface area contributed by atoms with Crippen molar-refractivity contribution in [1.82, 2.24) is 14.9 Å². The molecule has 4 rings (SSSR count). The van der Waals surface area contributed by atoms with E-state index in [0.29, 0.717) is 37.3 Å². The maximum atomic E-state index is 12.6. The molecule has 1 aromatic heterocycles. The molecule has 0 bridgehead atoms. The second-order valence-corrected chi connectivity index (χ2v) is 7.81. The standard InChI is InChI=1S/C21H28N4O3/c1-14-5-3-4-9-25(14)21-22-18-13-24(10-8-17(18)20(27)23-21)12-15-6-7-16(28-2)11-19(15)26/h6-7,11,14,26H,3-5,8-10,12-13H2,1-2H3,(H,22,23,27)/t14-/m1/s1. The largest absolute Gasteiger partial charge is 0.507 e. The Bertz CT molecular complexity index is 911. The van der Waals surface area contributed by atoms with Crippen molar-refractivity contribution in [2.45, 2.75) is 51.7 Å². The number of anilines is 1. The van der Waals surface area contributed by atoms with Crippen LogP contribution in [0.2, 0.25) is 0 Å². The van der Waals surface area contributed by atoms with E-state index in [-0.39, 0.29) is 11.3 Å². The molecule has 7 heteroatoms. The maximum Gasteiger partial charge on any atom is 0.255 e. The smallest absolute Gasteiger partial charge is 0.255 e. The molecule has 0 aliphatic carbocycles. The zero-order chi connectivity index (χ0) is 19.7. The molecule has 2 aliphatic rings. The summed E-state index contributed by atoms with van der Waals surface area (Å²) in [6.45, 7) is 5.12. The molecule has 2 N–H and O–H groups in total. The van der Waals surface area contributed by atoms with E-state index in [1.165, 1.54) is 6.42 Å². The van der Waals surface area contributed by atoms with Gasteiger partial charge in [-0.05, 0) is 38.7 Å². The zero-order valence-corrected chi connectivity index (χ0v) is 16.6. The van der Waals surface area contributed by atoms with Crippen LogP contribution in [0, 0.1) is 0 Å². The highest BCUT2D eigenvalue weighted by Gasteiger charge is 2.25. The van der Waals surface area contributed by atoms with Gasteiger partial charge in [-0.25, -0.2) is 4.98 Å². The van der Waals surface area contributed by atoms with E-state index in [1.54, 1.807) is 13.2 Å². The SMILES string of the molecule is COc1ccc(CN2CCc3c(nc(N4CCCC[C@H]4C)[nH]c3=O)C2)c(O)c1. The minimum atomic E-state index is -0.00952. The van der Waals surface area contributed by atoms with Crippen molar-refractivity contribution < 1.29 is 9.84 Å². The first kappa shape index (κ1) is 18.8. The number of nitrogens with one attached hydrogen (secondary N) is 1. The first-order valence-electron chi connectivity index (χ1n) is 10.0. The normalized spacial score (nSPS) is 20.1. The lowest BCUT2D eigenvalue weighted by atomic mass is 10.0. The van der Waals surface area contributed by atoms with Crippen LogP contribution in [0.5, 0.6) is 11.5 Å². The van der Waals surface area contributed by atoms with Gasteiger partial charge in [0.05, 0.1) is 12.8 Å². The second-order valence-electron chi connectivity index (χ2n) is 7.81. The van der Waals surface area contributed by atoms with Gasteiger partial charge in [-0.3, -0.25) is 14.7 Å². The number of aromatic amines is 1. The van der Waals surface area contributed by atoms with Crippen LogP contribution < -0.4 is 15.2 Å². The van der Waals surface area contributed by atoms with Gasteiger partial charge in [0, 0.05) is 49.4 Å². The summed E-state index contributed by atoms with van der Waals surface area (Å²) in [5.74, 6) is 1.57. The monoisotopic (exact) mass is 384 g/mol. The van der Waals surface area contributed by atoms with Crippen LogP contribution in [0.15, 0.2) is 23.0 Å². The number of hydrogen-bond acceptors (Lipinski definition) is 6. The number of H-pyrrole nitrogens is 1. The van der Waals surface area contributed by atoms with Gasteiger partial charge in [0.25, 0.3) is 5.56 Å². The molecule has 28 heavy (non-hydrogen) atoms. The van der Waals surface area contributed by atoms with E-state index in [4.69, 9.17) is 9.72 Å². The lowest BCUT2D eigenvalue weighted by Crippen LogP contribution is -2.41. The molecule has 0 amide bonds. The fourth-order valence-corrected chi connectivity index (χ4v) is 4.21. The predicted octanol–water partition coefficient (Wildman–Crippen LogP) is 2.42. The van der Waals surface area contributed by atoms with E-state index < -0.39 is 0 Å². The molecule has 1 aromatic carbocycles. The van der Waals surface area contributed by atoms with E-state index >= 15 is 0 Å². The minimum absolute atomic E-state index is 0.00952. The molecule has 0 radical (unpaired) electrons. The summed E-state index contributed by atoms with van der Waals surface area (Å²) in [6, 6.07) is 5.76. The summed E-state index contributed by atoms with van der Waals surface area (Å²) >= 11 is 0. The number of methoxy groups -OCH3 is 1. The number of phenolic OH excluding ortho intramolecular Hbond substituents is 1. The average Bonchev–Trinajstić information content (AvgIpc) is 2.69. The summed E-state index contributed by atoms with van der Waals surface area (Å²) in [7, 11) is 1.58. The van der Waals surface area contributed by atoms with E-state index in [9.17, 15) is 9.90 Å². The molecule has 7 nitrogen and oxygen atoms in total. The van der Waals surface area contributed by atoms with Crippen molar-refractivity contribution in [3.05, 3.63) is 45.4 Å². The van der Waals surface area contributed by atoms with Crippen molar-refractivity contribution in [2.24, 2.45) is 0 Å². The number of piperidine rings is 1. The van der Waals surface area contributed by atoms with Crippen LogP contribution in [0.1, 0.15) is 43.0 Å². The summed E-state index contributed by atoms with van der Waals surface area (Å²) in [5, 5.41) is 10.3. The fraction of sp³-hybridized carbons (Fsp3) is 0.524. The van der Waals surface area contributed by atoms with Gasteiger partial charge < -0.3 is 14.7 Å². The minimum Gasteiger partial charge on any atom is -0.507 e. The molecular formula is C21H28N4O3. The Morgan fingerprint density at radius 2 is 2.18 bits per heavy atom. The van der Waals surface area contributed by atoms with Gasteiger partial charge in [-0.15, -0.1) is 0 Å². The van der Waals surface area contributed by atoms with Crippen LogP contribution in [-0.4, -0.2) is 46.2 Å². The first-order valence-corrected chi connectivity index (χ1v) is 10.0. The third-order valence-corrected chi connectivity index (χ3v) is 5.90. The van der Waals surface area contributed by atoms with Crippen LogP contribution in [-0.2, 0) is 19.5 Å². The number of benzene rings is 1. The number of phenols is 1. The number of rotatable bonds is 4. The molecule has 1 atom stereocenters.